The minimum absolute atomic E-state index is 0.861. The van der Waals surface area contributed by atoms with Gasteiger partial charge in [-0.3, -0.25) is 0 Å². The molecule has 0 fully saturated rings. The number of rotatable bonds is 2. The van der Waals surface area contributed by atoms with Crippen LogP contribution in [0.3, 0.4) is 0 Å². The second kappa shape index (κ2) is 7.10. The number of aryl methyl sites for hydroxylation is 1. The highest BCUT2D eigenvalue weighted by molar-refractivity contribution is 7.98. The maximum Gasteiger partial charge on any atom is 0.187 e. The van der Waals surface area contributed by atoms with Gasteiger partial charge in [0.15, 0.2) is 5.16 Å². The van der Waals surface area contributed by atoms with Gasteiger partial charge < -0.3 is 0 Å². The molecule has 2 nitrogen and oxygen atoms in total. The lowest BCUT2D eigenvalue weighted by Crippen LogP contribution is -1.90. The molecule has 0 bridgehead atoms. The summed E-state index contributed by atoms with van der Waals surface area (Å²) in [6, 6.07) is 1.94. The normalized spacial score (nSPS) is 8.67. The molecule has 0 aliphatic rings. The third kappa shape index (κ3) is 3.72. The molecule has 0 N–H and O–H groups in total. The summed E-state index contributed by atoms with van der Waals surface area (Å²) in [6.45, 7) is 6.09. The van der Waals surface area contributed by atoms with Gasteiger partial charge in [-0.1, -0.05) is 32.5 Å². The predicted octanol–water partition coefficient (Wildman–Crippen LogP) is 2.79. The third-order valence-corrected chi connectivity index (χ3v) is 1.80. The summed E-state index contributed by atoms with van der Waals surface area (Å²) in [5.41, 5.74) is 1.11. The first-order valence-electron chi connectivity index (χ1n) is 4.22. The van der Waals surface area contributed by atoms with Crippen LogP contribution in [0.5, 0.6) is 0 Å². The quantitative estimate of drug-likeness (QED) is 0.522. The van der Waals surface area contributed by atoms with Gasteiger partial charge in [-0.2, -0.15) is 0 Å². The first-order chi connectivity index (χ1) is 5.86. The lowest BCUT2D eigenvalue weighted by Gasteiger charge is -1.96. The van der Waals surface area contributed by atoms with Gasteiger partial charge in [0.05, 0.1) is 0 Å². The molecule has 1 aromatic heterocycles. The highest BCUT2D eigenvalue weighted by Gasteiger charge is 1.93. The van der Waals surface area contributed by atoms with Crippen LogP contribution in [-0.4, -0.2) is 16.2 Å². The van der Waals surface area contributed by atoms with Gasteiger partial charge in [0.1, 0.15) is 0 Å². The molecule has 1 rings (SSSR count). The van der Waals surface area contributed by atoms with Crippen LogP contribution in [0.25, 0.3) is 0 Å². The number of aromatic nitrogens is 2. The van der Waals surface area contributed by atoms with Gasteiger partial charge in [0.25, 0.3) is 0 Å². The zero-order valence-corrected chi connectivity index (χ0v) is 8.98. The van der Waals surface area contributed by atoms with E-state index in [9.17, 15) is 0 Å². The second-order valence-electron chi connectivity index (χ2n) is 1.89. The molecule has 0 saturated heterocycles. The van der Waals surface area contributed by atoms with E-state index in [1.54, 1.807) is 18.0 Å². The molecule has 0 amide bonds. The standard InChI is InChI=1S/C7H10N2S.C2H6/c1-3-6-4-5-8-7(9-6)10-2;1-2/h4-5H,3H2,1-2H3;1-2H3. The van der Waals surface area contributed by atoms with E-state index in [1.165, 1.54) is 0 Å². The molecule has 0 saturated carbocycles. The van der Waals surface area contributed by atoms with Crippen LogP contribution in [-0.2, 0) is 6.42 Å². The molecule has 0 spiro atoms. The van der Waals surface area contributed by atoms with Gasteiger partial charge >= 0.3 is 0 Å². The van der Waals surface area contributed by atoms with Crippen molar-refractivity contribution in [2.45, 2.75) is 32.3 Å². The van der Waals surface area contributed by atoms with Gasteiger partial charge in [-0.25, -0.2) is 9.97 Å². The predicted molar refractivity (Wildman–Crippen MR) is 54.5 cm³/mol. The summed E-state index contributed by atoms with van der Waals surface area (Å²) in [5, 5.41) is 0.861. The molecule has 0 radical (unpaired) electrons. The summed E-state index contributed by atoms with van der Waals surface area (Å²) in [4.78, 5) is 8.32. The molecular weight excluding hydrogens is 168 g/mol. The lowest BCUT2D eigenvalue weighted by atomic mass is 10.3. The smallest absolute Gasteiger partial charge is 0.187 e. The summed E-state index contributed by atoms with van der Waals surface area (Å²) >= 11 is 1.58. The van der Waals surface area contributed by atoms with Crippen molar-refractivity contribution in [2.24, 2.45) is 0 Å². The van der Waals surface area contributed by atoms with E-state index < -0.39 is 0 Å². The fourth-order valence-electron chi connectivity index (χ4n) is 0.671. The highest BCUT2D eigenvalue weighted by atomic mass is 32.2. The molecule has 0 aliphatic heterocycles. The zero-order valence-electron chi connectivity index (χ0n) is 8.16. The van der Waals surface area contributed by atoms with E-state index in [0.717, 1.165) is 17.3 Å². The second-order valence-corrected chi connectivity index (χ2v) is 2.66. The van der Waals surface area contributed by atoms with Crippen molar-refractivity contribution in [1.82, 2.24) is 9.97 Å². The average Bonchev–Trinajstić information content (AvgIpc) is 2.21. The fourth-order valence-corrected chi connectivity index (χ4v) is 1.05. The number of hydrogen-bond acceptors (Lipinski definition) is 3. The third-order valence-electron chi connectivity index (χ3n) is 1.24. The van der Waals surface area contributed by atoms with Crippen molar-refractivity contribution in [2.75, 3.05) is 6.26 Å². The fraction of sp³-hybridized carbons (Fsp3) is 0.556. The van der Waals surface area contributed by atoms with Crippen molar-refractivity contribution in [3.63, 3.8) is 0 Å². The molecule has 0 atom stereocenters. The Kier molecular flexibility index (Phi) is 6.76. The molecule has 1 aromatic rings. The van der Waals surface area contributed by atoms with E-state index in [2.05, 4.69) is 16.9 Å². The molecule has 1 heterocycles. The van der Waals surface area contributed by atoms with Crippen molar-refractivity contribution in [1.29, 1.82) is 0 Å². The Hall–Kier alpha value is -0.570. The van der Waals surface area contributed by atoms with Crippen LogP contribution in [0.4, 0.5) is 0 Å². The van der Waals surface area contributed by atoms with E-state index in [4.69, 9.17) is 0 Å². The van der Waals surface area contributed by atoms with E-state index in [1.807, 2.05) is 26.2 Å². The molecule has 12 heavy (non-hydrogen) atoms. The summed E-state index contributed by atoms with van der Waals surface area (Å²) in [6.07, 6.45) is 4.77. The first-order valence-corrected chi connectivity index (χ1v) is 5.45. The Morgan fingerprint density at radius 3 is 2.58 bits per heavy atom. The maximum absolute atomic E-state index is 4.26. The van der Waals surface area contributed by atoms with Crippen LogP contribution in [0.2, 0.25) is 0 Å². The van der Waals surface area contributed by atoms with Gasteiger partial charge in [0, 0.05) is 11.9 Å². The number of nitrogens with zero attached hydrogens (tertiary/aromatic N) is 2. The lowest BCUT2D eigenvalue weighted by molar-refractivity contribution is 0.891. The number of hydrogen-bond donors (Lipinski definition) is 0. The van der Waals surface area contributed by atoms with E-state index in [0.29, 0.717) is 0 Å². The van der Waals surface area contributed by atoms with Crippen molar-refractivity contribution < 1.29 is 0 Å². The van der Waals surface area contributed by atoms with E-state index in [-0.39, 0.29) is 0 Å². The molecule has 0 aromatic carbocycles. The Morgan fingerprint density at radius 1 is 1.42 bits per heavy atom. The van der Waals surface area contributed by atoms with Crippen LogP contribution in [0.15, 0.2) is 17.4 Å². The van der Waals surface area contributed by atoms with Gasteiger partial charge in [-0.05, 0) is 18.7 Å². The minimum atomic E-state index is 0.861. The monoisotopic (exact) mass is 184 g/mol. The number of thioether (sulfide) groups is 1. The van der Waals surface area contributed by atoms with Crippen molar-refractivity contribution >= 4 is 11.8 Å². The Morgan fingerprint density at radius 2 is 2.08 bits per heavy atom. The summed E-state index contributed by atoms with van der Waals surface area (Å²) < 4.78 is 0. The molecule has 68 valence electrons. The summed E-state index contributed by atoms with van der Waals surface area (Å²) in [5.74, 6) is 0. The summed E-state index contributed by atoms with van der Waals surface area (Å²) in [7, 11) is 0. The topological polar surface area (TPSA) is 25.8 Å². The Bertz CT molecular complexity index is 194. The van der Waals surface area contributed by atoms with Gasteiger partial charge in [-0.15, -0.1) is 0 Å². The SMILES string of the molecule is CC.CCc1ccnc(SC)n1. The molecule has 0 unspecified atom stereocenters. The van der Waals surface area contributed by atoms with Crippen LogP contribution < -0.4 is 0 Å². The zero-order chi connectivity index (χ0) is 9.40. The first kappa shape index (κ1) is 11.4. The molecule has 3 heteroatoms. The van der Waals surface area contributed by atoms with Gasteiger partial charge in [0.2, 0.25) is 0 Å². The highest BCUT2D eigenvalue weighted by Crippen LogP contribution is 2.07. The van der Waals surface area contributed by atoms with Crippen LogP contribution in [0.1, 0.15) is 26.5 Å². The van der Waals surface area contributed by atoms with Crippen LogP contribution in [0, 0.1) is 0 Å². The average molecular weight is 184 g/mol. The van der Waals surface area contributed by atoms with Crippen molar-refractivity contribution in [3.05, 3.63) is 18.0 Å². The van der Waals surface area contributed by atoms with Crippen molar-refractivity contribution in [3.8, 4) is 0 Å². The van der Waals surface area contributed by atoms with Crippen LogP contribution >= 0.6 is 11.8 Å². The molecular formula is C9H16N2S. The Balaban J connectivity index is 0.000000561. The Labute approximate surface area is 78.8 Å². The minimum Gasteiger partial charge on any atom is -0.231 e. The largest absolute Gasteiger partial charge is 0.231 e. The maximum atomic E-state index is 4.26. The molecule has 0 aliphatic carbocycles. The van der Waals surface area contributed by atoms with E-state index >= 15 is 0 Å².